The summed E-state index contributed by atoms with van der Waals surface area (Å²) in [4.78, 5) is 45.4. The van der Waals surface area contributed by atoms with Crippen LogP contribution in [0.15, 0.2) is 95.2 Å². The van der Waals surface area contributed by atoms with Crippen LogP contribution in [0.2, 0.25) is 0 Å². The fourth-order valence-electron chi connectivity index (χ4n) is 8.23. The van der Waals surface area contributed by atoms with Crippen LogP contribution in [0.5, 0.6) is 17.2 Å². The van der Waals surface area contributed by atoms with Crippen molar-refractivity contribution in [3.8, 4) is 17.2 Å². The number of carbonyl (C=O) groups excluding carboxylic acids is 2. The molecule has 0 spiro atoms. The van der Waals surface area contributed by atoms with E-state index in [1.165, 1.54) is 5.69 Å². The number of piperazine rings is 1. The number of fused-ring (bicyclic) bond motifs is 4. The van der Waals surface area contributed by atoms with E-state index in [4.69, 9.17) is 29.9 Å². The normalized spacial score (nSPS) is 19.8. The Labute approximate surface area is 338 Å². The van der Waals surface area contributed by atoms with Crippen molar-refractivity contribution in [1.82, 2.24) is 14.7 Å². The number of amides is 2. The summed E-state index contributed by atoms with van der Waals surface area (Å²) < 4.78 is 18.0. The van der Waals surface area contributed by atoms with Crippen molar-refractivity contribution in [3.05, 3.63) is 113 Å². The first-order valence-electron chi connectivity index (χ1n) is 19.9. The Morgan fingerprint density at radius 2 is 1.22 bits per heavy atom. The van der Waals surface area contributed by atoms with Crippen LogP contribution in [0, 0.1) is 6.92 Å². The first-order valence-corrected chi connectivity index (χ1v) is 19.9. The third kappa shape index (κ3) is 7.20. The smallest absolute Gasteiger partial charge is 0.260 e. The van der Waals surface area contributed by atoms with E-state index in [0.29, 0.717) is 77.9 Å². The second-order valence-electron chi connectivity index (χ2n) is 15.5. The predicted molar refractivity (Wildman–Crippen MR) is 228 cm³/mol. The Kier molecular flexibility index (Phi) is 9.94. The van der Waals surface area contributed by atoms with Crippen LogP contribution >= 0.6 is 0 Å². The molecule has 1 fully saturated rings. The van der Waals surface area contributed by atoms with Crippen LogP contribution in [0.4, 0.5) is 22.7 Å². The average molecular weight is 778 g/mol. The minimum Gasteiger partial charge on any atom is -0.493 e. The topological polar surface area (TPSA) is 126 Å². The minimum atomic E-state index is -0.179. The van der Waals surface area contributed by atoms with Gasteiger partial charge in [0.15, 0.2) is 11.5 Å². The molecule has 5 aliphatic rings. The predicted octanol–water partition coefficient (Wildman–Crippen LogP) is 7.13. The number of benzene rings is 4. The Hall–Kier alpha value is -6.40. The Morgan fingerprint density at radius 3 is 1.81 bits per heavy atom. The van der Waals surface area contributed by atoms with Gasteiger partial charge in [-0.1, -0.05) is 24.3 Å². The van der Waals surface area contributed by atoms with Crippen LogP contribution in [-0.4, -0.2) is 105 Å². The maximum atomic E-state index is 13.9. The summed E-state index contributed by atoms with van der Waals surface area (Å²) in [5, 5.41) is 0. The van der Waals surface area contributed by atoms with Gasteiger partial charge in [-0.25, -0.2) is 0 Å². The van der Waals surface area contributed by atoms with Gasteiger partial charge in [0.05, 0.1) is 54.9 Å². The van der Waals surface area contributed by atoms with Crippen LogP contribution in [0.25, 0.3) is 11.1 Å². The van der Waals surface area contributed by atoms with Gasteiger partial charge in [0.1, 0.15) is 5.75 Å². The Morgan fingerprint density at radius 1 is 0.690 bits per heavy atom. The fourth-order valence-corrected chi connectivity index (χ4v) is 8.23. The summed E-state index contributed by atoms with van der Waals surface area (Å²) >= 11 is 0. The number of methoxy groups -OCH3 is 1. The molecular formula is C46H47N7O5. The second kappa shape index (κ2) is 15.5. The highest BCUT2D eigenvalue weighted by molar-refractivity contribution is 6.06. The second-order valence-corrected chi connectivity index (χ2v) is 15.5. The van der Waals surface area contributed by atoms with Crippen LogP contribution in [0.3, 0.4) is 0 Å². The molecule has 12 nitrogen and oxygen atoms in total. The van der Waals surface area contributed by atoms with Crippen molar-refractivity contribution in [1.29, 1.82) is 0 Å². The van der Waals surface area contributed by atoms with Gasteiger partial charge in [-0.2, -0.15) is 0 Å². The molecule has 0 unspecified atom stereocenters. The van der Waals surface area contributed by atoms with Gasteiger partial charge in [0, 0.05) is 93.8 Å². The number of hydrogen-bond acceptors (Lipinski definition) is 10. The van der Waals surface area contributed by atoms with Crippen LogP contribution in [-0.2, 0) is 0 Å². The molecular weight excluding hydrogens is 731 g/mol. The molecule has 0 aliphatic carbocycles. The molecule has 1 saturated heterocycles. The molecule has 0 aromatic heterocycles. The lowest BCUT2D eigenvalue weighted by atomic mass is 10.0. The lowest BCUT2D eigenvalue weighted by molar-refractivity contribution is 0.0809. The van der Waals surface area contributed by atoms with E-state index < -0.39 is 0 Å². The number of aryl methyl sites for hydroxylation is 1. The number of hydrogen-bond donors (Lipinski definition) is 1. The molecule has 2 atom stereocenters. The summed E-state index contributed by atoms with van der Waals surface area (Å²) in [6.07, 6.45) is 9.53. The molecule has 12 heteroatoms. The van der Waals surface area contributed by atoms with Gasteiger partial charge in [0.2, 0.25) is 0 Å². The van der Waals surface area contributed by atoms with Gasteiger partial charge >= 0.3 is 0 Å². The number of aliphatic imine (C=N–C) groups is 2. The SMILES string of the molecule is COc1cc2c(cc1OCCCOc1cc3c(cc1C)C(=O)N1C=C(c4ccc(N)cc4)C[C@H]1C=N3)N=C[C@@H]1CC(c3ccc(N4CCN(C)CC4)cc3)=CN1C2=O. The number of carbonyl (C=O) groups is 2. The standard InChI is InChI=1S/C46H47N7O5/c1-29-19-38-40(48-25-36-20-32(27-52(36)45(38)54)30-5-9-34(47)10-6-30)23-42(29)57-17-4-18-58-44-24-41-39(22-43(44)56-3)46(55)53-28-33(21-37(53)26-49-41)31-7-11-35(12-8-31)51-15-13-50(2)14-16-51/h5-12,19,22-28,36-37H,4,13-18,20-21,47H2,1-3H3/t36-,37-/m0/s1. The molecule has 58 heavy (non-hydrogen) atoms. The highest BCUT2D eigenvalue weighted by Gasteiger charge is 2.35. The van der Waals surface area contributed by atoms with E-state index >= 15 is 0 Å². The van der Waals surface area contributed by atoms with Crippen LogP contribution < -0.4 is 24.8 Å². The van der Waals surface area contributed by atoms with E-state index in [2.05, 4.69) is 41.1 Å². The Balaban J connectivity index is 0.815. The highest BCUT2D eigenvalue weighted by Crippen LogP contribution is 2.41. The van der Waals surface area contributed by atoms with E-state index in [1.807, 2.05) is 68.2 Å². The number of likely N-dealkylation sites (N-methyl/N-ethyl adjacent to an activating group) is 1. The summed E-state index contributed by atoms with van der Waals surface area (Å²) in [6.45, 7) is 6.83. The molecule has 0 saturated carbocycles. The Bertz CT molecular complexity index is 2380. The molecule has 9 rings (SSSR count). The van der Waals surface area contributed by atoms with E-state index in [0.717, 1.165) is 54.0 Å². The van der Waals surface area contributed by atoms with Crippen LogP contribution in [0.1, 0.15) is 56.7 Å². The van der Waals surface area contributed by atoms with Crippen molar-refractivity contribution in [3.63, 3.8) is 0 Å². The van der Waals surface area contributed by atoms with Crippen molar-refractivity contribution < 1.29 is 23.8 Å². The molecule has 5 heterocycles. The van der Waals surface area contributed by atoms with Gasteiger partial charge < -0.3 is 39.5 Å². The molecule has 2 N–H and O–H groups in total. The van der Waals surface area contributed by atoms with Gasteiger partial charge in [0.25, 0.3) is 11.8 Å². The van der Waals surface area contributed by atoms with Crippen molar-refractivity contribution in [2.24, 2.45) is 9.98 Å². The number of nitrogens with two attached hydrogens (primary N) is 1. The zero-order valence-corrected chi connectivity index (χ0v) is 33.1. The zero-order chi connectivity index (χ0) is 39.9. The fraction of sp³-hybridized carbons (Fsp3) is 0.304. The molecule has 296 valence electrons. The highest BCUT2D eigenvalue weighted by atomic mass is 16.5. The quantitative estimate of drug-likeness (QED) is 0.133. The van der Waals surface area contributed by atoms with E-state index in [-0.39, 0.29) is 23.9 Å². The van der Waals surface area contributed by atoms with Crippen molar-refractivity contribution in [2.45, 2.75) is 38.3 Å². The third-order valence-corrected chi connectivity index (χ3v) is 11.6. The molecule has 4 aromatic rings. The lowest BCUT2D eigenvalue weighted by Crippen LogP contribution is -2.44. The molecule has 2 amide bonds. The number of anilines is 2. The molecule has 0 radical (unpaired) electrons. The number of nitrogens with zero attached hydrogens (tertiary/aromatic N) is 6. The number of ether oxygens (including phenoxy) is 3. The first kappa shape index (κ1) is 37.2. The van der Waals surface area contributed by atoms with Gasteiger partial charge in [-0.3, -0.25) is 19.6 Å². The largest absolute Gasteiger partial charge is 0.493 e. The van der Waals surface area contributed by atoms with Gasteiger partial charge in [-0.15, -0.1) is 0 Å². The first-order chi connectivity index (χ1) is 28.2. The summed E-state index contributed by atoms with van der Waals surface area (Å²) in [6, 6.07) is 23.2. The molecule has 5 aliphatic heterocycles. The maximum Gasteiger partial charge on any atom is 0.260 e. The van der Waals surface area contributed by atoms with E-state index in [1.54, 1.807) is 29.0 Å². The van der Waals surface area contributed by atoms with Crippen molar-refractivity contribution in [2.75, 3.05) is 64.2 Å². The lowest BCUT2D eigenvalue weighted by Gasteiger charge is -2.34. The summed E-state index contributed by atoms with van der Waals surface area (Å²) in [5.41, 5.74) is 15.1. The monoisotopic (exact) mass is 777 g/mol. The maximum absolute atomic E-state index is 13.9. The van der Waals surface area contributed by atoms with Gasteiger partial charge in [-0.05, 0) is 78.2 Å². The van der Waals surface area contributed by atoms with Crippen molar-refractivity contribution >= 4 is 58.1 Å². The van der Waals surface area contributed by atoms with E-state index in [9.17, 15) is 9.59 Å². The molecule has 4 aromatic carbocycles. The number of rotatable bonds is 10. The average Bonchev–Trinajstić information content (AvgIpc) is 3.82. The zero-order valence-electron chi connectivity index (χ0n) is 33.1. The molecule has 0 bridgehead atoms. The minimum absolute atomic E-state index is 0.0873. The number of nitrogen functional groups attached to an aromatic ring is 1. The summed E-state index contributed by atoms with van der Waals surface area (Å²) in [7, 11) is 3.73. The third-order valence-electron chi connectivity index (χ3n) is 11.6. The summed E-state index contributed by atoms with van der Waals surface area (Å²) in [5.74, 6) is 1.43.